The average Bonchev–Trinajstić information content (AvgIpc) is 3.19. The van der Waals surface area contributed by atoms with Gasteiger partial charge in [0.1, 0.15) is 18.8 Å². The first-order valence-corrected chi connectivity index (χ1v) is 9.93. The van der Waals surface area contributed by atoms with E-state index in [1.165, 1.54) is 0 Å². The van der Waals surface area contributed by atoms with Crippen molar-refractivity contribution in [1.29, 1.82) is 0 Å². The van der Waals surface area contributed by atoms with E-state index in [-0.39, 0.29) is 37.1 Å². The zero-order valence-corrected chi connectivity index (χ0v) is 17.6. The van der Waals surface area contributed by atoms with Crippen LogP contribution in [-0.2, 0) is 30.3 Å². The summed E-state index contributed by atoms with van der Waals surface area (Å²) < 4.78 is 28.9. The molecule has 1 unspecified atom stereocenters. The molecule has 2 fully saturated rings. The minimum atomic E-state index is -0.692. The lowest BCUT2D eigenvalue weighted by Gasteiger charge is -2.30. The number of nitrogens with zero attached hydrogens (tertiary/aromatic N) is 1. The van der Waals surface area contributed by atoms with Gasteiger partial charge in [-0.05, 0) is 32.3 Å². The van der Waals surface area contributed by atoms with E-state index >= 15 is 0 Å². The second-order valence-electron chi connectivity index (χ2n) is 7.91. The fourth-order valence-corrected chi connectivity index (χ4v) is 3.86. The number of ether oxygens (including phenoxy) is 5. The topological polar surface area (TPSA) is 66.5 Å². The Morgan fingerprint density at radius 2 is 1.97 bits per heavy atom. The standard InChI is InChI=1S/C22H31NO6/c1-6-10-16(23(4)21(24)26-14-15-11-8-7-9-12-15)13-17-18-19(20(25-5)27-17)29-22(2,3)28-18/h6-9,11-12,16-20H,1,10,13-14H2,2-5H3/t16-,17+,18?,19-,20+/m0/s1. The molecular formula is C22H31NO6. The highest BCUT2D eigenvalue weighted by molar-refractivity contribution is 5.67. The molecule has 0 N–H and O–H groups in total. The van der Waals surface area contributed by atoms with Crippen molar-refractivity contribution in [2.24, 2.45) is 0 Å². The number of rotatable bonds is 8. The smallest absolute Gasteiger partial charge is 0.410 e. The summed E-state index contributed by atoms with van der Waals surface area (Å²) in [4.78, 5) is 14.2. The summed E-state index contributed by atoms with van der Waals surface area (Å²) in [5.74, 6) is -0.692. The molecule has 2 aliphatic rings. The number of fused-ring (bicyclic) bond motifs is 1. The lowest BCUT2D eigenvalue weighted by molar-refractivity contribution is -0.228. The molecule has 0 aliphatic carbocycles. The molecule has 7 nitrogen and oxygen atoms in total. The van der Waals surface area contributed by atoms with E-state index in [0.717, 1.165) is 5.56 Å². The summed E-state index contributed by atoms with van der Waals surface area (Å²) in [7, 11) is 3.32. The first-order chi connectivity index (χ1) is 13.8. The zero-order chi connectivity index (χ0) is 21.0. The highest BCUT2D eigenvalue weighted by atomic mass is 16.8. The van der Waals surface area contributed by atoms with Gasteiger partial charge >= 0.3 is 6.09 Å². The van der Waals surface area contributed by atoms with Gasteiger partial charge in [0, 0.05) is 20.2 Å². The fourth-order valence-electron chi connectivity index (χ4n) is 3.86. The Kier molecular flexibility index (Phi) is 6.95. The summed E-state index contributed by atoms with van der Waals surface area (Å²) in [5.41, 5.74) is 0.943. The van der Waals surface area contributed by atoms with E-state index in [1.807, 2.05) is 44.2 Å². The maximum absolute atomic E-state index is 12.6. The van der Waals surface area contributed by atoms with Crippen LogP contribution >= 0.6 is 0 Å². The predicted octanol–water partition coefficient (Wildman–Crippen LogP) is 3.48. The Morgan fingerprint density at radius 1 is 1.28 bits per heavy atom. The molecule has 5 atom stereocenters. The van der Waals surface area contributed by atoms with Crippen molar-refractivity contribution in [3.8, 4) is 0 Å². The number of hydrogen-bond acceptors (Lipinski definition) is 6. The van der Waals surface area contributed by atoms with Gasteiger partial charge in [-0.1, -0.05) is 36.4 Å². The van der Waals surface area contributed by atoms with Crippen molar-refractivity contribution in [3.05, 3.63) is 48.6 Å². The van der Waals surface area contributed by atoms with Crippen LogP contribution in [0.3, 0.4) is 0 Å². The van der Waals surface area contributed by atoms with Gasteiger partial charge in [-0.2, -0.15) is 0 Å². The minimum Gasteiger partial charge on any atom is -0.445 e. The second-order valence-corrected chi connectivity index (χ2v) is 7.91. The molecule has 0 saturated carbocycles. The first kappa shape index (κ1) is 21.8. The minimum absolute atomic E-state index is 0.149. The summed E-state index contributed by atoms with van der Waals surface area (Å²) in [6.07, 6.45) is 1.27. The quantitative estimate of drug-likeness (QED) is 0.617. The van der Waals surface area contributed by atoms with Crippen molar-refractivity contribution in [1.82, 2.24) is 4.90 Å². The monoisotopic (exact) mass is 405 g/mol. The third kappa shape index (κ3) is 5.17. The molecular weight excluding hydrogens is 374 g/mol. The molecule has 2 aliphatic heterocycles. The zero-order valence-electron chi connectivity index (χ0n) is 17.6. The Morgan fingerprint density at radius 3 is 2.62 bits per heavy atom. The van der Waals surface area contributed by atoms with Crippen LogP contribution in [0.25, 0.3) is 0 Å². The molecule has 3 rings (SSSR count). The molecule has 2 heterocycles. The van der Waals surface area contributed by atoms with Gasteiger partial charge in [0.2, 0.25) is 0 Å². The van der Waals surface area contributed by atoms with Crippen LogP contribution in [0.5, 0.6) is 0 Å². The maximum Gasteiger partial charge on any atom is 0.410 e. The Balaban J connectivity index is 1.62. The molecule has 29 heavy (non-hydrogen) atoms. The lowest BCUT2D eigenvalue weighted by Crippen LogP contribution is -2.42. The van der Waals surface area contributed by atoms with Crippen molar-refractivity contribution < 1.29 is 28.5 Å². The molecule has 0 aromatic heterocycles. The maximum atomic E-state index is 12.6. The second kappa shape index (κ2) is 9.26. The highest BCUT2D eigenvalue weighted by Gasteiger charge is 2.55. The van der Waals surface area contributed by atoms with Gasteiger partial charge in [0.25, 0.3) is 0 Å². The van der Waals surface area contributed by atoms with Crippen molar-refractivity contribution in [3.63, 3.8) is 0 Å². The van der Waals surface area contributed by atoms with Gasteiger partial charge in [-0.25, -0.2) is 4.79 Å². The largest absolute Gasteiger partial charge is 0.445 e. The number of amides is 1. The third-order valence-electron chi connectivity index (χ3n) is 5.32. The van der Waals surface area contributed by atoms with Crippen LogP contribution in [-0.4, -0.2) is 61.6 Å². The van der Waals surface area contributed by atoms with E-state index in [0.29, 0.717) is 12.8 Å². The van der Waals surface area contributed by atoms with Crippen LogP contribution in [0.1, 0.15) is 32.3 Å². The van der Waals surface area contributed by atoms with Gasteiger partial charge in [-0.15, -0.1) is 6.58 Å². The van der Waals surface area contributed by atoms with Gasteiger partial charge in [-0.3, -0.25) is 0 Å². The van der Waals surface area contributed by atoms with Crippen LogP contribution in [0, 0.1) is 0 Å². The van der Waals surface area contributed by atoms with E-state index in [2.05, 4.69) is 6.58 Å². The predicted molar refractivity (Wildman–Crippen MR) is 107 cm³/mol. The summed E-state index contributed by atoms with van der Waals surface area (Å²) in [5, 5.41) is 0. The number of carbonyl (C=O) groups excluding carboxylic acids is 1. The Bertz CT molecular complexity index is 694. The van der Waals surface area contributed by atoms with E-state index < -0.39 is 12.1 Å². The Labute approximate surface area is 172 Å². The van der Waals surface area contributed by atoms with Crippen LogP contribution in [0.4, 0.5) is 4.79 Å². The SMILES string of the molecule is C=CC[C@@H](C[C@H]1O[C@@H](OC)[C@H]2OC(C)(C)OC12)N(C)C(=O)OCc1ccccc1. The molecule has 1 aromatic carbocycles. The molecule has 7 heteroatoms. The molecule has 160 valence electrons. The van der Waals surface area contributed by atoms with Crippen molar-refractivity contribution in [2.45, 2.75) is 69.7 Å². The van der Waals surface area contributed by atoms with Crippen molar-refractivity contribution >= 4 is 6.09 Å². The molecule has 1 aromatic rings. The molecule has 0 spiro atoms. The van der Waals surface area contributed by atoms with Crippen molar-refractivity contribution in [2.75, 3.05) is 14.2 Å². The fraction of sp³-hybridized carbons (Fsp3) is 0.591. The summed E-state index contributed by atoms with van der Waals surface area (Å²) in [6.45, 7) is 7.82. The van der Waals surface area contributed by atoms with Gasteiger partial charge in [0.05, 0.1) is 6.10 Å². The van der Waals surface area contributed by atoms with E-state index in [4.69, 9.17) is 23.7 Å². The third-order valence-corrected chi connectivity index (χ3v) is 5.32. The summed E-state index contributed by atoms with van der Waals surface area (Å²) in [6, 6.07) is 9.45. The molecule has 2 saturated heterocycles. The number of methoxy groups -OCH3 is 1. The van der Waals surface area contributed by atoms with Gasteiger partial charge < -0.3 is 28.6 Å². The average molecular weight is 405 g/mol. The molecule has 0 radical (unpaired) electrons. The van der Waals surface area contributed by atoms with Crippen LogP contribution < -0.4 is 0 Å². The number of hydrogen-bond donors (Lipinski definition) is 0. The number of carbonyl (C=O) groups is 1. The Hall–Kier alpha value is -1.93. The van der Waals surface area contributed by atoms with Gasteiger partial charge in [0.15, 0.2) is 12.1 Å². The van der Waals surface area contributed by atoms with Crippen LogP contribution in [0.15, 0.2) is 43.0 Å². The highest BCUT2D eigenvalue weighted by Crippen LogP contribution is 2.40. The molecule has 1 amide bonds. The number of benzene rings is 1. The van der Waals surface area contributed by atoms with E-state index in [9.17, 15) is 4.79 Å². The first-order valence-electron chi connectivity index (χ1n) is 9.93. The summed E-state index contributed by atoms with van der Waals surface area (Å²) >= 11 is 0. The molecule has 0 bridgehead atoms. The lowest BCUT2D eigenvalue weighted by atomic mass is 10.00. The normalized spacial score (nSPS) is 28.6. The van der Waals surface area contributed by atoms with E-state index in [1.54, 1.807) is 25.1 Å². The van der Waals surface area contributed by atoms with Crippen LogP contribution in [0.2, 0.25) is 0 Å².